The Labute approximate surface area is 177 Å². The van der Waals surface area contributed by atoms with Crippen molar-refractivity contribution in [3.05, 3.63) is 63.2 Å². The van der Waals surface area contributed by atoms with Gasteiger partial charge < -0.3 is 10.6 Å². The lowest BCUT2D eigenvalue weighted by atomic mass is 9.90. The Kier molecular flexibility index (Phi) is 5.74. The Balaban J connectivity index is 1.75. The zero-order chi connectivity index (χ0) is 20.5. The minimum Gasteiger partial charge on any atom is -0.324 e. The number of benzene rings is 2. The summed E-state index contributed by atoms with van der Waals surface area (Å²) in [6.45, 7) is 5.51. The number of urea groups is 1. The summed E-state index contributed by atoms with van der Waals surface area (Å²) in [4.78, 5) is 38.7. The molecule has 0 radical (unpaired) electrons. The summed E-state index contributed by atoms with van der Waals surface area (Å²) in [5.41, 5.74) is 1.30. The fourth-order valence-corrected chi connectivity index (χ4v) is 3.66. The Bertz CT molecular complexity index is 927. The van der Waals surface area contributed by atoms with Gasteiger partial charge in [0.1, 0.15) is 12.1 Å². The highest BCUT2D eigenvalue weighted by atomic mass is 127. The maximum Gasteiger partial charge on any atom is 0.325 e. The van der Waals surface area contributed by atoms with Gasteiger partial charge in [0, 0.05) is 3.57 Å². The molecule has 1 aliphatic rings. The topological polar surface area (TPSA) is 78.5 Å². The minimum atomic E-state index is -1.19. The molecule has 7 heteroatoms. The van der Waals surface area contributed by atoms with Crippen LogP contribution in [0.2, 0.25) is 0 Å². The Morgan fingerprint density at radius 2 is 1.79 bits per heavy atom. The van der Waals surface area contributed by atoms with Crippen molar-refractivity contribution in [2.45, 2.75) is 32.2 Å². The second kappa shape index (κ2) is 7.90. The first-order valence-electron chi connectivity index (χ1n) is 9.01. The highest BCUT2D eigenvalue weighted by molar-refractivity contribution is 14.1. The van der Waals surface area contributed by atoms with Crippen molar-refractivity contribution in [2.24, 2.45) is 0 Å². The third-order valence-electron chi connectivity index (χ3n) is 4.88. The molecule has 1 atom stereocenters. The molecule has 146 valence electrons. The highest BCUT2D eigenvalue weighted by Crippen LogP contribution is 2.30. The molecule has 2 aromatic rings. The molecule has 0 aliphatic carbocycles. The van der Waals surface area contributed by atoms with Gasteiger partial charge in [-0.2, -0.15) is 0 Å². The molecule has 1 aliphatic heterocycles. The Morgan fingerprint density at radius 1 is 1.14 bits per heavy atom. The SMILES string of the molecule is CC(C)c1ccc(C2(C)NC(=O)N(CC(=O)Nc3ccccc3I)C2=O)cc1. The van der Waals surface area contributed by atoms with E-state index in [0.29, 0.717) is 17.2 Å². The van der Waals surface area contributed by atoms with Gasteiger partial charge in [-0.05, 0) is 58.7 Å². The first-order chi connectivity index (χ1) is 13.2. The van der Waals surface area contributed by atoms with E-state index in [4.69, 9.17) is 0 Å². The predicted molar refractivity (Wildman–Crippen MR) is 116 cm³/mol. The summed E-state index contributed by atoms with van der Waals surface area (Å²) in [6, 6.07) is 14.3. The van der Waals surface area contributed by atoms with E-state index in [1.807, 2.05) is 42.5 Å². The lowest BCUT2D eigenvalue weighted by Gasteiger charge is -2.22. The Hall–Kier alpha value is -2.42. The number of hydrogen-bond donors (Lipinski definition) is 2. The van der Waals surface area contributed by atoms with Gasteiger partial charge >= 0.3 is 6.03 Å². The van der Waals surface area contributed by atoms with Crippen LogP contribution >= 0.6 is 22.6 Å². The van der Waals surface area contributed by atoms with E-state index in [0.717, 1.165) is 14.0 Å². The van der Waals surface area contributed by atoms with Gasteiger partial charge in [0.25, 0.3) is 5.91 Å². The van der Waals surface area contributed by atoms with Crippen LogP contribution in [0.15, 0.2) is 48.5 Å². The van der Waals surface area contributed by atoms with Crippen LogP contribution in [0.4, 0.5) is 10.5 Å². The molecular weight excluding hydrogens is 469 g/mol. The number of nitrogens with zero attached hydrogens (tertiary/aromatic N) is 1. The van der Waals surface area contributed by atoms with Crippen LogP contribution in [0.5, 0.6) is 0 Å². The van der Waals surface area contributed by atoms with Crippen molar-refractivity contribution in [1.82, 2.24) is 10.2 Å². The van der Waals surface area contributed by atoms with E-state index < -0.39 is 23.4 Å². The van der Waals surface area contributed by atoms with Gasteiger partial charge in [0.2, 0.25) is 5.91 Å². The molecule has 2 N–H and O–H groups in total. The van der Waals surface area contributed by atoms with Crippen molar-refractivity contribution >= 4 is 46.1 Å². The van der Waals surface area contributed by atoms with Crippen LogP contribution in [0.1, 0.15) is 37.8 Å². The molecule has 6 nitrogen and oxygen atoms in total. The number of carbonyl (C=O) groups excluding carboxylic acids is 3. The van der Waals surface area contributed by atoms with Gasteiger partial charge in [-0.15, -0.1) is 0 Å². The molecular formula is C21H22IN3O3. The number of anilines is 1. The number of carbonyl (C=O) groups is 3. The zero-order valence-electron chi connectivity index (χ0n) is 16.0. The molecule has 0 spiro atoms. The first kappa shape index (κ1) is 20.3. The van der Waals surface area contributed by atoms with E-state index in [9.17, 15) is 14.4 Å². The normalized spacial score (nSPS) is 19.1. The number of halogens is 1. The minimum absolute atomic E-state index is 0.338. The lowest BCUT2D eigenvalue weighted by molar-refractivity contribution is -0.133. The zero-order valence-corrected chi connectivity index (χ0v) is 18.1. The lowest BCUT2D eigenvalue weighted by Crippen LogP contribution is -2.42. The average Bonchev–Trinajstić information content (AvgIpc) is 2.88. The molecule has 0 aromatic heterocycles. The third-order valence-corrected chi connectivity index (χ3v) is 5.82. The van der Waals surface area contributed by atoms with Crippen molar-refractivity contribution in [1.29, 1.82) is 0 Å². The fourth-order valence-electron chi connectivity index (χ4n) is 3.13. The molecule has 4 amide bonds. The summed E-state index contributed by atoms with van der Waals surface area (Å²) < 4.78 is 0.876. The standard InChI is InChI=1S/C21H22IN3O3/c1-13(2)14-8-10-15(11-9-14)21(3)19(27)25(20(28)24-21)12-18(26)23-17-7-5-4-6-16(17)22/h4-11,13H,12H2,1-3H3,(H,23,26)(H,24,28). The summed E-state index contributed by atoms with van der Waals surface area (Å²) in [5.74, 6) is -0.489. The summed E-state index contributed by atoms with van der Waals surface area (Å²) in [7, 11) is 0. The molecule has 0 bridgehead atoms. The predicted octanol–water partition coefficient (Wildman–Crippen LogP) is 3.82. The molecule has 1 saturated heterocycles. The average molecular weight is 491 g/mol. The van der Waals surface area contributed by atoms with E-state index >= 15 is 0 Å². The van der Waals surface area contributed by atoms with Crippen LogP contribution in [-0.4, -0.2) is 29.3 Å². The van der Waals surface area contributed by atoms with Crippen molar-refractivity contribution in [3.63, 3.8) is 0 Å². The van der Waals surface area contributed by atoms with Crippen molar-refractivity contribution < 1.29 is 14.4 Å². The van der Waals surface area contributed by atoms with Crippen LogP contribution in [0.25, 0.3) is 0 Å². The number of hydrogen-bond acceptors (Lipinski definition) is 3. The van der Waals surface area contributed by atoms with Crippen LogP contribution in [-0.2, 0) is 15.1 Å². The smallest absolute Gasteiger partial charge is 0.324 e. The number of amides is 4. The van der Waals surface area contributed by atoms with Crippen LogP contribution in [0.3, 0.4) is 0 Å². The number of imide groups is 1. The highest BCUT2D eigenvalue weighted by Gasteiger charge is 2.49. The molecule has 1 fully saturated rings. The summed E-state index contributed by atoms with van der Waals surface area (Å²) in [5, 5.41) is 5.48. The largest absolute Gasteiger partial charge is 0.325 e. The molecule has 0 saturated carbocycles. The maximum absolute atomic E-state index is 13.0. The fraction of sp³-hybridized carbons (Fsp3) is 0.286. The van der Waals surface area contributed by atoms with E-state index in [2.05, 4.69) is 47.1 Å². The van der Waals surface area contributed by atoms with Gasteiger partial charge in [0.05, 0.1) is 5.69 Å². The van der Waals surface area contributed by atoms with Gasteiger partial charge in [-0.3, -0.25) is 14.5 Å². The van der Waals surface area contributed by atoms with E-state index in [1.165, 1.54) is 0 Å². The number of nitrogens with one attached hydrogen (secondary N) is 2. The van der Waals surface area contributed by atoms with Crippen LogP contribution in [0, 0.1) is 3.57 Å². The molecule has 2 aromatic carbocycles. The van der Waals surface area contributed by atoms with Crippen molar-refractivity contribution in [2.75, 3.05) is 11.9 Å². The van der Waals surface area contributed by atoms with Gasteiger partial charge in [0.15, 0.2) is 0 Å². The van der Waals surface area contributed by atoms with Crippen molar-refractivity contribution in [3.8, 4) is 0 Å². The third kappa shape index (κ3) is 3.89. The van der Waals surface area contributed by atoms with Gasteiger partial charge in [-0.1, -0.05) is 50.2 Å². The molecule has 1 heterocycles. The second-order valence-electron chi connectivity index (χ2n) is 7.25. The molecule has 3 rings (SSSR count). The number of rotatable bonds is 5. The van der Waals surface area contributed by atoms with Crippen LogP contribution < -0.4 is 10.6 Å². The number of para-hydroxylation sites is 1. The second-order valence-corrected chi connectivity index (χ2v) is 8.41. The quantitative estimate of drug-likeness (QED) is 0.493. The van der Waals surface area contributed by atoms with E-state index in [-0.39, 0.29) is 6.54 Å². The summed E-state index contributed by atoms with van der Waals surface area (Å²) >= 11 is 2.11. The molecule has 28 heavy (non-hydrogen) atoms. The molecule has 1 unspecified atom stereocenters. The van der Waals surface area contributed by atoms with E-state index in [1.54, 1.807) is 13.0 Å². The summed E-state index contributed by atoms with van der Waals surface area (Å²) in [6.07, 6.45) is 0. The maximum atomic E-state index is 13.0. The first-order valence-corrected chi connectivity index (χ1v) is 10.1. The Morgan fingerprint density at radius 3 is 2.39 bits per heavy atom. The van der Waals surface area contributed by atoms with Gasteiger partial charge in [-0.25, -0.2) is 4.79 Å². The monoisotopic (exact) mass is 491 g/mol.